The van der Waals surface area contributed by atoms with Crippen molar-refractivity contribution in [2.75, 3.05) is 7.11 Å². The normalized spacial score (nSPS) is 12.1. The average Bonchev–Trinajstić information content (AvgIpc) is 2.34. The number of esters is 2. The molecule has 0 radical (unpaired) electrons. The summed E-state index contributed by atoms with van der Waals surface area (Å²) in [7, 11) is 1.25. The lowest BCUT2D eigenvalue weighted by atomic mass is 10.2. The van der Waals surface area contributed by atoms with Crippen molar-refractivity contribution in [2.45, 2.75) is 13.0 Å². The second kappa shape index (κ2) is 6.48. The molecule has 0 N–H and O–H groups in total. The van der Waals surface area contributed by atoms with Gasteiger partial charge in [0, 0.05) is 6.92 Å². The lowest BCUT2D eigenvalue weighted by Gasteiger charge is -2.10. The molecule has 0 aliphatic carbocycles. The van der Waals surface area contributed by atoms with Gasteiger partial charge in [0.25, 0.3) is 0 Å². The molecule has 4 nitrogen and oxygen atoms in total. The van der Waals surface area contributed by atoms with Crippen molar-refractivity contribution in [1.82, 2.24) is 0 Å². The maximum absolute atomic E-state index is 11.3. The Morgan fingerprint density at radius 3 is 2.41 bits per heavy atom. The number of carbonyl (C=O) groups is 2. The van der Waals surface area contributed by atoms with Crippen LogP contribution < -0.4 is 0 Å². The minimum Gasteiger partial charge on any atom is -0.466 e. The van der Waals surface area contributed by atoms with Crippen LogP contribution in [-0.4, -0.2) is 25.2 Å². The van der Waals surface area contributed by atoms with Crippen molar-refractivity contribution in [2.24, 2.45) is 0 Å². The van der Waals surface area contributed by atoms with Crippen LogP contribution in [0.3, 0.4) is 0 Å². The quantitative estimate of drug-likeness (QED) is 0.745. The first-order valence-corrected chi connectivity index (χ1v) is 5.12. The molecule has 0 aromatic heterocycles. The Morgan fingerprint density at radius 2 is 1.88 bits per heavy atom. The number of benzene rings is 1. The van der Waals surface area contributed by atoms with Gasteiger partial charge in [-0.05, 0) is 11.6 Å². The standard InChI is InChI=1S/C13H14O4/c1-10(14)17-12(13(15)16-2)9-8-11-6-4-3-5-7-11/h3-9,12H,1-2H3/b9-8+/t12-/m1/s1. The van der Waals surface area contributed by atoms with Crippen LogP contribution in [0.2, 0.25) is 0 Å². The van der Waals surface area contributed by atoms with Crippen molar-refractivity contribution < 1.29 is 19.1 Å². The van der Waals surface area contributed by atoms with Gasteiger partial charge in [0.2, 0.25) is 6.10 Å². The predicted octanol–water partition coefficient (Wildman–Crippen LogP) is 1.80. The van der Waals surface area contributed by atoms with Crippen molar-refractivity contribution in [1.29, 1.82) is 0 Å². The van der Waals surface area contributed by atoms with Gasteiger partial charge in [0.15, 0.2) is 0 Å². The third-order valence-corrected chi connectivity index (χ3v) is 1.99. The zero-order valence-corrected chi connectivity index (χ0v) is 9.75. The molecule has 0 unspecified atom stereocenters. The van der Waals surface area contributed by atoms with Crippen LogP contribution >= 0.6 is 0 Å². The first-order chi connectivity index (χ1) is 8.13. The maximum Gasteiger partial charge on any atom is 0.351 e. The minimum atomic E-state index is -1.00. The first kappa shape index (κ1) is 13.0. The fourth-order valence-electron chi connectivity index (χ4n) is 1.22. The van der Waals surface area contributed by atoms with E-state index in [0.29, 0.717) is 0 Å². The Hall–Kier alpha value is -2.10. The number of carbonyl (C=O) groups excluding carboxylic acids is 2. The molecule has 17 heavy (non-hydrogen) atoms. The Labute approximate surface area is 99.8 Å². The number of methoxy groups -OCH3 is 1. The molecule has 0 saturated heterocycles. The molecule has 1 atom stereocenters. The maximum atomic E-state index is 11.3. The molecule has 0 fully saturated rings. The molecule has 0 bridgehead atoms. The highest BCUT2D eigenvalue weighted by molar-refractivity contribution is 5.81. The van der Waals surface area contributed by atoms with Gasteiger partial charge in [-0.1, -0.05) is 36.4 Å². The zero-order valence-electron chi connectivity index (χ0n) is 9.75. The summed E-state index contributed by atoms with van der Waals surface area (Å²) in [4.78, 5) is 22.1. The summed E-state index contributed by atoms with van der Waals surface area (Å²) in [6.45, 7) is 1.24. The van der Waals surface area contributed by atoms with E-state index in [1.807, 2.05) is 30.3 Å². The molecule has 4 heteroatoms. The summed E-state index contributed by atoms with van der Waals surface area (Å²) in [6.07, 6.45) is 2.19. The van der Waals surface area contributed by atoms with Crippen LogP contribution in [0.4, 0.5) is 0 Å². The third-order valence-electron chi connectivity index (χ3n) is 1.99. The van der Waals surface area contributed by atoms with Gasteiger partial charge in [-0.3, -0.25) is 4.79 Å². The summed E-state index contributed by atoms with van der Waals surface area (Å²) < 4.78 is 9.36. The Bertz CT molecular complexity index is 409. The van der Waals surface area contributed by atoms with Gasteiger partial charge in [-0.15, -0.1) is 0 Å². The van der Waals surface area contributed by atoms with Gasteiger partial charge in [-0.25, -0.2) is 4.79 Å². The van der Waals surface area contributed by atoms with E-state index in [9.17, 15) is 9.59 Å². The predicted molar refractivity (Wildman–Crippen MR) is 63.0 cm³/mol. The monoisotopic (exact) mass is 234 g/mol. The van der Waals surface area contributed by atoms with E-state index < -0.39 is 18.0 Å². The molecule has 1 rings (SSSR count). The fraction of sp³-hybridized carbons (Fsp3) is 0.231. The molecule has 0 saturated carbocycles. The highest BCUT2D eigenvalue weighted by Gasteiger charge is 2.18. The van der Waals surface area contributed by atoms with E-state index in [1.165, 1.54) is 20.1 Å². The number of rotatable bonds is 4. The largest absolute Gasteiger partial charge is 0.466 e. The summed E-state index contributed by atoms with van der Waals surface area (Å²) in [6, 6.07) is 9.38. The highest BCUT2D eigenvalue weighted by Crippen LogP contribution is 2.05. The van der Waals surface area contributed by atoms with Crippen LogP contribution in [0.15, 0.2) is 36.4 Å². The lowest BCUT2D eigenvalue weighted by molar-refractivity contribution is -0.161. The summed E-state index contributed by atoms with van der Waals surface area (Å²) >= 11 is 0. The van der Waals surface area contributed by atoms with E-state index in [-0.39, 0.29) is 0 Å². The van der Waals surface area contributed by atoms with Crippen LogP contribution in [0.25, 0.3) is 6.08 Å². The third kappa shape index (κ3) is 4.51. The molecule has 0 heterocycles. The summed E-state index contributed by atoms with van der Waals surface area (Å²) in [5, 5.41) is 0. The smallest absolute Gasteiger partial charge is 0.351 e. The Kier molecular flexibility index (Phi) is 4.94. The van der Waals surface area contributed by atoms with E-state index in [1.54, 1.807) is 6.08 Å². The fourth-order valence-corrected chi connectivity index (χ4v) is 1.22. The molecule has 0 aliphatic heterocycles. The number of hydrogen-bond donors (Lipinski definition) is 0. The molecule has 0 spiro atoms. The van der Waals surface area contributed by atoms with Gasteiger partial charge >= 0.3 is 11.9 Å². The van der Waals surface area contributed by atoms with Gasteiger partial charge in [-0.2, -0.15) is 0 Å². The Morgan fingerprint density at radius 1 is 1.24 bits per heavy atom. The molecule has 0 amide bonds. The molecule has 1 aromatic carbocycles. The van der Waals surface area contributed by atoms with Gasteiger partial charge in [0.1, 0.15) is 0 Å². The van der Waals surface area contributed by atoms with Crippen molar-refractivity contribution >= 4 is 18.0 Å². The van der Waals surface area contributed by atoms with Crippen molar-refractivity contribution in [3.05, 3.63) is 42.0 Å². The molecule has 0 aliphatic rings. The average molecular weight is 234 g/mol. The molecule has 1 aromatic rings. The van der Waals surface area contributed by atoms with E-state index in [0.717, 1.165) is 5.56 Å². The lowest BCUT2D eigenvalue weighted by Crippen LogP contribution is -2.25. The SMILES string of the molecule is COC(=O)[C@@H](/C=C/c1ccccc1)OC(C)=O. The second-order valence-electron chi connectivity index (χ2n) is 3.32. The highest BCUT2D eigenvalue weighted by atomic mass is 16.6. The summed E-state index contributed by atoms with van der Waals surface area (Å²) in [5.74, 6) is -1.13. The van der Waals surface area contributed by atoms with E-state index in [2.05, 4.69) is 4.74 Å². The van der Waals surface area contributed by atoms with E-state index >= 15 is 0 Å². The van der Waals surface area contributed by atoms with E-state index in [4.69, 9.17) is 4.74 Å². The Balaban J connectivity index is 2.75. The summed E-state index contributed by atoms with van der Waals surface area (Å²) in [5.41, 5.74) is 0.911. The zero-order chi connectivity index (χ0) is 12.7. The second-order valence-corrected chi connectivity index (χ2v) is 3.32. The molecular weight excluding hydrogens is 220 g/mol. The first-order valence-electron chi connectivity index (χ1n) is 5.12. The molecule has 90 valence electrons. The van der Waals surface area contributed by atoms with Crippen LogP contribution in [-0.2, 0) is 19.1 Å². The van der Waals surface area contributed by atoms with Crippen molar-refractivity contribution in [3.63, 3.8) is 0 Å². The topological polar surface area (TPSA) is 52.6 Å². The van der Waals surface area contributed by atoms with Crippen molar-refractivity contribution in [3.8, 4) is 0 Å². The van der Waals surface area contributed by atoms with Crippen LogP contribution in [0.1, 0.15) is 12.5 Å². The van der Waals surface area contributed by atoms with Crippen LogP contribution in [0.5, 0.6) is 0 Å². The van der Waals surface area contributed by atoms with Crippen LogP contribution in [0, 0.1) is 0 Å². The minimum absolute atomic E-state index is 0.530. The van der Waals surface area contributed by atoms with Gasteiger partial charge in [0.05, 0.1) is 7.11 Å². The molecular formula is C13H14O4. The van der Waals surface area contributed by atoms with Gasteiger partial charge < -0.3 is 9.47 Å². The number of ether oxygens (including phenoxy) is 2. The number of hydrogen-bond acceptors (Lipinski definition) is 4.